The van der Waals surface area contributed by atoms with E-state index >= 15 is 0 Å². The smallest absolute Gasteiger partial charge is 0.271 e. The summed E-state index contributed by atoms with van der Waals surface area (Å²) < 4.78 is 0. The fraction of sp³-hybridized carbons (Fsp3) is 0.500. The summed E-state index contributed by atoms with van der Waals surface area (Å²) in [6.07, 6.45) is 1.27. The molecule has 7 heteroatoms. The Kier molecular flexibility index (Phi) is 4.51. The number of anilines is 1. The van der Waals surface area contributed by atoms with Crippen LogP contribution in [0.15, 0.2) is 11.1 Å². The Morgan fingerprint density at radius 1 is 1.53 bits per heavy atom. The van der Waals surface area contributed by atoms with Crippen LogP contribution in [0.5, 0.6) is 0 Å². The molecule has 0 aliphatic heterocycles. The van der Waals surface area contributed by atoms with E-state index in [1.54, 1.807) is 19.0 Å². The highest BCUT2D eigenvalue weighted by atomic mass is 35.5. The van der Waals surface area contributed by atoms with Crippen molar-refractivity contribution in [2.45, 2.75) is 6.92 Å². The molecule has 0 spiro atoms. The average molecular weight is 259 g/mol. The minimum atomic E-state index is -0.410. The van der Waals surface area contributed by atoms with E-state index in [-0.39, 0.29) is 17.5 Å². The standard InChI is InChI=1S/C10H15ClN4O2/c1-4-15(5-7(16)14(2)3)9-8(11)10(17)13-6-12-9/h6H,4-5H2,1-3H3,(H,12,13,17). The summed E-state index contributed by atoms with van der Waals surface area (Å²) in [5, 5.41) is 0.000839. The van der Waals surface area contributed by atoms with Crippen LogP contribution in [0.2, 0.25) is 5.02 Å². The van der Waals surface area contributed by atoms with Crippen molar-refractivity contribution >= 4 is 23.3 Å². The predicted molar refractivity (Wildman–Crippen MR) is 66.4 cm³/mol. The van der Waals surface area contributed by atoms with Crippen LogP contribution in [0.3, 0.4) is 0 Å². The molecule has 0 aromatic carbocycles. The number of aromatic amines is 1. The van der Waals surface area contributed by atoms with Crippen molar-refractivity contribution in [1.29, 1.82) is 0 Å². The third kappa shape index (κ3) is 3.20. The molecule has 0 aliphatic rings. The molecule has 1 aromatic rings. The summed E-state index contributed by atoms with van der Waals surface area (Å²) >= 11 is 5.86. The summed E-state index contributed by atoms with van der Waals surface area (Å²) in [6.45, 7) is 2.54. The van der Waals surface area contributed by atoms with Crippen molar-refractivity contribution in [3.8, 4) is 0 Å². The lowest BCUT2D eigenvalue weighted by atomic mass is 10.4. The van der Waals surface area contributed by atoms with Gasteiger partial charge in [-0.05, 0) is 6.92 Å². The van der Waals surface area contributed by atoms with E-state index in [9.17, 15) is 9.59 Å². The van der Waals surface area contributed by atoms with E-state index in [1.165, 1.54) is 11.2 Å². The second-order valence-corrected chi connectivity index (χ2v) is 4.05. The summed E-state index contributed by atoms with van der Waals surface area (Å²) in [7, 11) is 3.34. The van der Waals surface area contributed by atoms with Gasteiger partial charge in [-0.25, -0.2) is 4.98 Å². The minimum Gasteiger partial charge on any atom is -0.347 e. The van der Waals surface area contributed by atoms with E-state index in [1.807, 2.05) is 6.92 Å². The molecule has 0 saturated heterocycles. The zero-order valence-electron chi connectivity index (χ0n) is 10.0. The first-order chi connectivity index (χ1) is 7.97. The highest BCUT2D eigenvalue weighted by Gasteiger charge is 2.16. The number of amides is 1. The molecule has 1 rings (SSSR count). The Morgan fingerprint density at radius 3 is 2.71 bits per heavy atom. The molecule has 1 heterocycles. The van der Waals surface area contributed by atoms with Crippen LogP contribution in [-0.4, -0.2) is 48.0 Å². The van der Waals surface area contributed by atoms with Crippen molar-refractivity contribution in [1.82, 2.24) is 14.9 Å². The van der Waals surface area contributed by atoms with Gasteiger partial charge in [0.25, 0.3) is 5.56 Å². The van der Waals surface area contributed by atoms with Gasteiger partial charge in [0, 0.05) is 20.6 Å². The van der Waals surface area contributed by atoms with E-state index in [0.717, 1.165) is 0 Å². The molecular weight excluding hydrogens is 244 g/mol. The molecule has 0 fully saturated rings. The van der Waals surface area contributed by atoms with E-state index in [4.69, 9.17) is 11.6 Å². The quantitative estimate of drug-likeness (QED) is 0.846. The maximum atomic E-state index is 11.6. The van der Waals surface area contributed by atoms with Crippen molar-refractivity contribution in [2.75, 3.05) is 32.1 Å². The molecule has 0 saturated carbocycles. The summed E-state index contributed by atoms with van der Waals surface area (Å²) in [6, 6.07) is 0. The van der Waals surface area contributed by atoms with Gasteiger partial charge in [0.2, 0.25) is 5.91 Å². The monoisotopic (exact) mass is 258 g/mol. The Hall–Kier alpha value is -1.56. The number of carbonyl (C=O) groups is 1. The molecule has 0 atom stereocenters. The van der Waals surface area contributed by atoms with Gasteiger partial charge in [0.05, 0.1) is 12.9 Å². The molecule has 1 aromatic heterocycles. The highest BCUT2D eigenvalue weighted by molar-refractivity contribution is 6.32. The first-order valence-corrected chi connectivity index (χ1v) is 5.53. The number of halogens is 1. The normalized spacial score (nSPS) is 10.1. The van der Waals surface area contributed by atoms with Gasteiger partial charge in [0.15, 0.2) is 5.82 Å². The van der Waals surface area contributed by atoms with Crippen molar-refractivity contribution in [3.05, 3.63) is 21.7 Å². The Morgan fingerprint density at radius 2 is 2.18 bits per heavy atom. The molecule has 1 amide bonds. The van der Waals surface area contributed by atoms with Gasteiger partial charge in [-0.1, -0.05) is 11.6 Å². The molecule has 94 valence electrons. The summed E-state index contributed by atoms with van der Waals surface area (Å²) in [5.74, 6) is 0.248. The van der Waals surface area contributed by atoms with Gasteiger partial charge >= 0.3 is 0 Å². The predicted octanol–water partition coefficient (Wildman–Crippen LogP) is 0.338. The molecule has 0 radical (unpaired) electrons. The van der Waals surface area contributed by atoms with Crippen LogP contribution in [0.1, 0.15) is 6.92 Å². The van der Waals surface area contributed by atoms with E-state index in [0.29, 0.717) is 12.4 Å². The summed E-state index contributed by atoms with van der Waals surface area (Å²) in [4.78, 5) is 32.4. The van der Waals surface area contributed by atoms with Gasteiger partial charge < -0.3 is 14.8 Å². The van der Waals surface area contributed by atoms with Gasteiger partial charge in [-0.2, -0.15) is 0 Å². The topological polar surface area (TPSA) is 69.3 Å². The number of carbonyl (C=O) groups excluding carboxylic acids is 1. The number of nitrogens with one attached hydrogen (secondary N) is 1. The lowest BCUT2D eigenvalue weighted by Gasteiger charge is -2.23. The lowest BCUT2D eigenvalue weighted by molar-refractivity contribution is -0.127. The molecule has 6 nitrogen and oxygen atoms in total. The SMILES string of the molecule is CCN(CC(=O)N(C)C)c1nc[nH]c(=O)c1Cl. The van der Waals surface area contributed by atoms with Crippen molar-refractivity contribution < 1.29 is 4.79 Å². The zero-order chi connectivity index (χ0) is 13.0. The Balaban J connectivity index is 2.98. The second-order valence-electron chi connectivity index (χ2n) is 3.67. The molecule has 17 heavy (non-hydrogen) atoms. The highest BCUT2D eigenvalue weighted by Crippen LogP contribution is 2.17. The van der Waals surface area contributed by atoms with E-state index < -0.39 is 5.56 Å². The second kappa shape index (κ2) is 5.67. The van der Waals surface area contributed by atoms with E-state index in [2.05, 4.69) is 9.97 Å². The fourth-order valence-corrected chi connectivity index (χ4v) is 1.46. The lowest BCUT2D eigenvalue weighted by Crippen LogP contribution is -2.37. The van der Waals surface area contributed by atoms with Crippen molar-refractivity contribution in [2.24, 2.45) is 0 Å². The zero-order valence-corrected chi connectivity index (χ0v) is 10.8. The number of H-pyrrole nitrogens is 1. The van der Waals surface area contributed by atoms with Crippen molar-refractivity contribution in [3.63, 3.8) is 0 Å². The maximum absolute atomic E-state index is 11.6. The van der Waals surface area contributed by atoms with Gasteiger partial charge in [-0.3, -0.25) is 9.59 Å². The third-order valence-electron chi connectivity index (χ3n) is 2.28. The molecular formula is C10H15ClN4O2. The number of nitrogens with zero attached hydrogens (tertiary/aromatic N) is 3. The maximum Gasteiger partial charge on any atom is 0.271 e. The van der Waals surface area contributed by atoms with Crippen LogP contribution in [0, 0.1) is 0 Å². The van der Waals surface area contributed by atoms with Gasteiger partial charge in [-0.15, -0.1) is 0 Å². The Labute approximate surface area is 104 Å². The van der Waals surface area contributed by atoms with Crippen LogP contribution in [-0.2, 0) is 4.79 Å². The number of hydrogen-bond donors (Lipinski definition) is 1. The molecule has 0 unspecified atom stereocenters. The molecule has 0 aliphatic carbocycles. The third-order valence-corrected chi connectivity index (χ3v) is 2.63. The first kappa shape index (κ1) is 13.5. The number of aromatic nitrogens is 2. The molecule has 1 N–H and O–H groups in total. The van der Waals surface area contributed by atoms with Crippen LogP contribution in [0.4, 0.5) is 5.82 Å². The van der Waals surface area contributed by atoms with Crippen LogP contribution >= 0.6 is 11.6 Å². The van der Waals surface area contributed by atoms with Crippen LogP contribution in [0.25, 0.3) is 0 Å². The largest absolute Gasteiger partial charge is 0.347 e. The Bertz CT molecular complexity index is 458. The fourth-order valence-electron chi connectivity index (χ4n) is 1.24. The average Bonchev–Trinajstić information content (AvgIpc) is 2.29. The first-order valence-electron chi connectivity index (χ1n) is 5.15. The van der Waals surface area contributed by atoms with Gasteiger partial charge in [0.1, 0.15) is 5.02 Å². The minimum absolute atomic E-state index is 0.000839. The number of hydrogen-bond acceptors (Lipinski definition) is 4. The number of rotatable bonds is 4. The number of likely N-dealkylation sites (N-methyl/N-ethyl adjacent to an activating group) is 2. The summed E-state index contributed by atoms with van der Waals surface area (Å²) in [5.41, 5.74) is -0.410. The molecule has 0 bridgehead atoms. The van der Waals surface area contributed by atoms with Crippen LogP contribution < -0.4 is 10.5 Å².